The SMILES string of the molecule is CN1C(=N)N[C@](C)(c2cccc(C#N)c2)CS1(=O)=O. The average molecular weight is 278 g/mol. The van der Waals surface area contributed by atoms with Gasteiger partial charge in [0.1, 0.15) is 0 Å². The van der Waals surface area contributed by atoms with Crippen LogP contribution >= 0.6 is 0 Å². The van der Waals surface area contributed by atoms with Gasteiger partial charge in [-0.15, -0.1) is 0 Å². The highest BCUT2D eigenvalue weighted by atomic mass is 32.2. The summed E-state index contributed by atoms with van der Waals surface area (Å²) in [5, 5.41) is 19.5. The van der Waals surface area contributed by atoms with Crippen LogP contribution in [0.3, 0.4) is 0 Å². The van der Waals surface area contributed by atoms with E-state index in [2.05, 4.69) is 5.32 Å². The molecule has 1 atom stereocenters. The van der Waals surface area contributed by atoms with Crippen molar-refractivity contribution in [3.05, 3.63) is 35.4 Å². The largest absolute Gasteiger partial charge is 0.345 e. The number of sulfonamides is 1. The van der Waals surface area contributed by atoms with Crippen LogP contribution in [0.25, 0.3) is 0 Å². The fraction of sp³-hybridized carbons (Fsp3) is 0.333. The molecule has 1 aromatic rings. The van der Waals surface area contributed by atoms with Crippen LogP contribution in [0.2, 0.25) is 0 Å². The molecule has 2 N–H and O–H groups in total. The number of rotatable bonds is 1. The van der Waals surface area contributed by atoms with Crippen molar-refractivity contribution in [2.24, 2.45) is 0 Å². The molecular weight excluding hydrogens is 264 g/mol. The molecule has 19 heavy (non-hydrogen) atoms. The molecular formula is C12H14N4O2S. The van der Waals surface area contributed by atoms with E-state index in [4.69, 9.17) is 10.7 Å². The number of guanidine groups is 1. The minimum Gasteiger partial charge on any atom is -0.345 e. The van der Waals surface area contributed by atoms with E-state index >= 15 is 0 Å². The van der Waals surface area contributed by atoms with Gasteiger partial charge < -0.3 is 5.32 Å². The summed E-state index contributed by atoms with van der Waals surface area (Å²) in [5.41, 5.74) is 0.228. The Morgan fingerprint density at radius 3 is 2.79 bits per heavy atom. The smallest absolute Gasteiger partial charge is 0.239 e. The molecule has 0 amide bonds. The van der Waals surface area contributed by atoms with Gasteiger partial charge in [0.15, 0.2) is 0 Å². The van der Waals surface area contributed by atoms with E-state index in [1.54, 1.807) is 31.2 Å². The number of hydrogen-bond acceptors (Lipinski definition) is 4. The molecule has 6 nitrogen and oxygen atoms in total. The first-order valence-corrected chi connectivity index (χ1v) is 7.23. The molecule has 2 rings (SSSR count). The van der Waals surface area contributed by atoms with Crippen molar-refractivity contribution < 1.29 is 8.42 Å². The van der Waals surface area contributed by atoms with E-state index in [1.165, 1.54) is 7.05 Å². The summed E-state index contributed by atoms with van der Waals surface area (Å²) in [5.74, 6) is -0.329. The van der Waals surface area contributed by atoms with Crippen molar-refractivity contribution >= 4 is 16.0 Å². The Morgan fingerprint density at radius 2 is 2.21 bits per heavy atom. The molecule has 1 fully saturated rings. The highest BCUT2D eigenvalue weighted by molar-refractivity contribution is 7.89. The van der Waals surface area contributed by atoms with E-state index in [-0.39, 0.29) is 11.7 Å². The standard InChI is InChI=1S/C12H14N4O2S/c1-12(10-5-3-4-9(6-10)7-13)8-19(17,18)16(2)11(14)15-12/h3-6H,8H2,1-2H3,(H2,14,15)/t12-/m0/s1. The molecule has 0 spiro atoms. The Morgan fingerprint density at radius 1 is 1.53 bits per heavy atom. The van der Waals surface area contributed by atoms with E-state index < -0.39 is 15.6 Å². The van der Waals surface area contributed by atoms with Gasteiger partial charge in [0.2, 0.25) is 16.0 Å². The van der Waals surface area contributed by atoms with Gasteiger partial charge >= 0.3 is 0 Å². The summed E-state index contributed by atoms with van der Waals surface area (Å²) >= 11 is 0. The quantitative estimate of drug-likeness (QED) is 0.785. The molecule has 0 aliphatic carbocycles. The van der Waals surface area contributed by atoms with Gasteiger partial charge in [0.25, 0.3) is 0 Å². The first-order chi connectivity index (χ1) is 8.78. The zero-order valence-electron chi connectivity index (χ0n) is 10.6. The van der Waals surface area contributed by atoms with Crippen LogP contribution < -0.4 is 5.32 Å². The van der Waals surface area contributed by atoms with Crippen LogP contribution in [0.1, 0.15) is 18.1 Å². The summed E-state index contributed by atoms with van der Waals surface area (Å²) in [4.78, 5) is 0. The Bertz CT molecular complexity index is 677. The molecule has 1 aliphatic rings. The van der Waals surface area contributed by atoms with Gasteiger partial charge in [0.05, 0.1) is 22.9 Å². The first-order valence-electron chi connectivity index (χ1n) is 5.62. The maximum absolute atomic E-state index is 12.0. The van der Waals surface area contributed by atoms with Crippen LogP contribution in [0.5, 0.6) is 0 Å². The van der Waals surface area contributed by atoms with Crippen LogP contribution in [-0.4, -0.2) is 31.5 Å². The van der Waals surface area contributed by atoms with E-state index in [0.717, 1.165) is 4.31 Å². The maximum atomic E-state index is 12.0. The van der Waals surface area contributed by atoms with E-state index in [0.29, 0.717) is 11.1 Å². The predicted octanol–water partition coefficient (Wildman–Crippen LogP) is 0.573. The molecule has 7 heteroatoms. The molecule has 100 valence electrons. The van der Waals surface area contributed by atoms with Gasteiger partial charge in [0, 0.05) is 7.05 Å². The average Bonchev–Trinajstić information content (AvgIpc) is 2.35. The fourth-order valence-corrected chi connectivity index (χ4v) is 3.55. The molecule has 1 aromatic carbocycles. The van der Waals surface area contributed by atoms with Gasteiger partial charge in [-0.2, -0.15) is 5.26 Å². The first kappa shape index (κ1) is 13.4. The molecule has 0 unspecified atom stereocenters. The summed E-state index contributed by atoms with van der Waals surface area (Å²) in [6.07, 6.45) is 0. The molecule has 0 radical (unpaired) electrons. The number of nitrogens with zero attached hydrogens (tertiary/aromatic N) is 2. The fourth-order valence-electron chi connectivity index (χ4n) is 2.06. The van der Waals surface area contributed by atoms with Crippen molar-refractivity contribution in [3.8, 4) is 6.07 Å². The topological polar surface area (TPSA) is 97.1 Å². The normalized spacial score (nSPS) is 25.5. The molecule has 0 aromatic heterocycles. The van der Waals surface area contributed by atoms with Gasteiger partial charge in [-0.25, -0.2) is 12.7 Å². The number of nitrogens with one attached hydrogen (secondary N) is 2. The monoisotopic (exact) mass is 278 g/mol. The minimum absolute atomic E-state index is 0.159. The predicted molar refractivity (Wildman–Crippen MR) is 70.9 cm³/mol. The van der Waals surface area contributed by atoms with Crippen molar-refractivity contribution in [2.75, 3.05) is 12.8 Å². The molecule has 0 saturated carbocycles. The third-order valence-electron chi connectivity index (χ3n) is 3.23. The molecule has 1 heterocycles. The number of benzene rings is 1. The Hall–Kier alpha value is -2.07. The van der Waals surface area contributed by atoms with Crippen LogP contribution in [0.15, 0.2) is 24.3 Å². The number of nitriles is 1. The Labute approximate surface area is 112 Å². The van der Waals surface area contributed by atoms with Crippen molar-refractivity contribution in [1.82, 2.24) is 9.62 Å². The van der Waals surface area contributed by atoms with Gasteiger partial charge in [-0.05, 0) is 24.6 Å². The lowest BCUT2D eigenvalue weighted by molar-refractivity contribution is 0.418. The lowest BCUT2D eigenvalue weighted by Gasteiger charge is -2.40. The summed E-state index contributed by atoms with van der Waals surface area (Å²) < 4.78 is 25.0. The Balaban J connectivity index is 2.49. The highest BCUT2D eigenvalue weighted by Gasteiger charge is 2.41. The molecule has 1 saturated heterocycles. The molecule has 0 bridgehead atoms. The van der Waals surface area contributed by atoms with Gasteiger partial charge in [-0.1, -0.05) is 12.1 Å². The summed E-state index contributed by atoms with van der Waals surface area (Å²) in [7, 11) is -2.18. The summed E-state index contributed by atoms with van der Waals surface area (Å²) in [6, 6.07) is 8.77. The third-order valence-corrected chi connectivity index (χ3v) is 5.19. The van der Waals surface area contributed by atoms with Crippen molar-refractivity contribution in [3.63, 3.8) is 0 Å². The van der Waals surface area contributed by atoms with Crippen LogP contribution in [0, 0.1) is 16.7 Å². The highest BCUT2D eigenvalue weighted by Crippen LogP contribution is 2.28. The second-order valence-electron chi connectivity index (χ2n) is 4.72. The van der Waals surface area contributed by atoms with Crippen molar-refractivity contribution in [2.45, 2.75) is 12.5 Å². The van der Waals surface area contributed by atoms with Crippen LogP contribution in [-0.2, 0) is 15.6 Å². The number of hydrogen-bond donors (Lipinski definition) is 2. The second kappa shape index (κ2) is 4.24. The zero-order chi connectivity index (χ0) is 14.3. The minimum atomic E-state index is -3.52. The van der Waals surface area contributed by atoms with Crippen molar-refractivity contribution in [1.29, 1.82) is 10.7 Å². The third kappa shape index (κ3) is 2.27. The lowest BCUT2D eigenvalue weighted by Crippen LogP contribution is -2.60. The molecule has 1 aliphatic heterocycles. The maximum Gasteiger partial charge on any atom is 0.239 e. The lowest BCUT2D eigenvalue weighted by atomic mass is 9.92. The second-order valence-corrected chi connectivity index (χ2v) is 6.72. The summed E-state index contributed by atoms with van der Waals surface area (Å²) in [6.45, 7) is 1.71. The zero-order valence-corrected chi connectivity index (χ0v) is 11.5. The van der Waals surface area contributed by atoms with Crippen LogP contribution in [0.4, 0.5) is 0 Å². The van der Waals surface area contributed by atoms with E-state index in [9.17, 15) is 8.42 Å². The van der Waals surface area contributed by atoms with Gasteiger partial charge in [-0.3, -0.25) is 5.41 Å². The van der Waals surface area contributed by atoms with E-state index in [1.807, 2.05) is 6.07 Å². The Kier molecular flexibility index (Phi) is 2.98.